The first-order valence-electron chi connectivity index (χ1n) is 5.56. The molecule has 0 aliphatic heterocycles. The zero-order chi connectivity index (χ0) is 10.7. The van der Waals surface area contributed by atoms with Gasteiger partial charge in [0, 0.05) is 18.9 Å². The molecule has 1 aliphatic rings. The minimum atomic E-state index is 0.264. The van der Waals surface area contributed by atoms with Gasteiger partial charge in [0.05, 0.1) is 5.38 Å². The first-order chi connectivity index (χ1) is 7.25. The first kappa shape index (κ1) is 10.7. The maximum atomic E-state index is 6.11. The predicted octanol–water partition coefficient (Wildman–Crippen LogP) is 3.07. The Bertz CT molecular complexity index is 354. The molecule has 1 aliphatic carbocycles. The Morgan fingerprint density at radius 1 is 1.53 bits per heavy atom. The number of aryl methyl sites for hydroxylation is 2. The maximum Gasteiger partial charge on any atom is 0.0518 e. The van der Waals surface area contributed by atoms with Crippen LogP contribution in [-0.2, 0) is 13.5 Å². The van der Waals surface area contributed by atoms with Crippen molar-refractivity contribution in [2.24, 2.45) is 7.05 Å². The minimum Gasteiger partial charge on any atom is -0.273 e. The van der Waals surface area contributed by atoms with Crippen LogP contribution in [0.2, 0.25) is 0 Å². The van der Waals surface area contributed by atoms with Crippen molar-refractivity contribution in [1.82, 2.24) is 9.78 Å². The molecule has 15 heavy (non-hydrogen) atoms. The minimum absolute atomic E-state index is 0.264. The van der Waals surface area contributed by atoms with Crippen molar-refractivity contribution in [3.8, 4) is 0 Å². The van der Waals surface area contributed by atoms with E-state index < -0.39 is 0 Å². The highest BCUT2D eigenvalue weighted by Gasteiger charge is 2.11. The molecule has 1 heterocycles. The van der Waals surface area contributed by atoms with Gasteiger partial charge >= 0.3 is 0 Å². The number of aromatic nitrogens is 2. The van der Waals surface area contributed by atoms with E-state index in [1.165, 1.54) is 24.1 Å². The van der Waals surface area contributed by atoms with Crippen LogP contribution < -0.4 is 0 Å². The number of alkyl halides is 1. The lowest BCUT2D eigenvalue weighted by Gasteiger charge is -2.16. The van der Waals surface area contributed by atoms with Crippen LogP contribution in [0.25, 0.3) is 0 Å². The number of hydrogen-bond acceptors (Lipinski definition) is 1. The van der Waals surface area contributed by atoms with Crippen LogP contribution in [0.15, 0.2) is 23.9 Å². The van der Waals surface area contributed by atoms with Crippen LogP contribution in [0, 0.1) is 0 Å². The predicted molar refractivity (Wildman–Crippen MR) is 63.1 cm³/mol. The highest BCUT2D eigenvalue weighted by molar-refractivity contribution is 6.21. The molecule has 0 N–H and O–H groups in total. The number of nitrogens with zero attached hydrogens (tertiary/aromatic N) is 2. The monoisotopic (exact) mass is 224 g/mol. The largest absolute Gasteiger partial charge is 0.273 e. The van der Waals surface area contributed by atoms with Crippen molar-refractivity contribution >= 4 is 11.6 Å². The van der Waals surface area contributed by atoms with Gasteiger partial charge in [-0.2, -0.15) is 5.10 Å². The van der Waals surface area contributed by atoms with Gasteiger partial charge in [0.2, 0.25) is 0 Å². The third-order valence-electron chi connectivity index (χ3n) is 3.02. The normalized spacial score (nSPS) is 21.5. The van der Waals surface area contributed by atoms with Crippen LogP contribution >= 0.6 is 11.6 Å². The summed E-state index contributed by atoms with van der Waals surface area (Å²) in [6.45, 7) is 0. The van der Waals surface area contributed by atoms with Crippen molar-refractivity contribution in [2.75, 3.05) is 0 Å². The summed E-state index contributed by atoms with van der Waals surface area (Å²) in [6, 6.07) is 2.08. The van der Waals surface area contributed by atoms with E-state index in [1.807, 2.05) is 17.9 Å². The van der Waals surface area contributed by atoms with E-state index in [2.05, 4.69) is 17.2 Å². The Morgan fingerprint density at radius 3 is 3.07 bits per heavy atom. The average molecular weight is 225 g/mol. The molecule has 1 aromatic heterocycles. The van der Waals surface area contributed by atoms with E-state index in [0.29, 0.717) is 0 Å². The lowest BCUT2D eigenvalue weighted by molar-refractivity contribution is 0.656. The van der Waals surface area contributed by atoms with Gasteiger partial charge < -0.3 is 0 Å². The van der Waals surface area contributed by atoms with Gasteiger partial charge in [0.15, 0.2) is 0 Å². The summed E-state index contributed by atoms with van der Waals surface area (Å²) in [5.41, 5.74) is 2.81. The van der Waals surface area contributed by atoms with E-state index in [1.54, 1.807) is 0 Å². The second-order valence-electron chi connectivity index (χ2n) is 4.18. The van der Waals surface area contributed by atoms with E-state index in [9.17, 15) is 0 Å². The third-order valence-corrected chi connectivity index (χ3v) is 3.36. The van der Waals surface area contributed by atoms with Crippen molar-refractivity contribution in [1.29, 1.82) is 0 Å². The summed E-state index contributed by atoms with van der Waals surface area (Å²) in [7, 11) is 1.99. The molecule has 1 aromatic rings. The van der Waals surface area contributed by atoms with Crippen LogP contribution in [-0.4, -0.2) is 15.2 Å². The highest BCUT2D eigenvalue weighted by Crippen LogP contribution is 2.24. The molecule has 2 nitrogen and oxygen atoms in total. The van der Waals surface area contributed by atoms with Gasteiger partial charge in [-0.25, -0.2) is 0 Å². The lowest BCUT2D eigenvalue weighted by Crippen LogP contribution is -2.05. The summed E-state index contributed by atoms with van der Waals surface area (Å²) in [5.74, 6) is 0. The second-order valence-corrected chi connectivity index (χ2v) is 4.74. The van der Waals surface area contributed by atoms with Gasteiger partial charge in [-0.05, 0) is 38.2 Å². The molecule has 2 rings (SSSR count). The summed E-state index contributed by atoms with van der Waals surface area (Å²) in [6.07, 6.45) is 9.90. The highest BCUT2D eigenvalue weighted by atomic mass is 35.5. The number of rotatable bonds is 3. The maximum absolute atomic E-state index is 6.11. The molecule has 0 amide bonds. The SMILES string of the molecule is Cn1nccc1CCC1=CC(Cl)CCC1. The van der Waals surface area contributed by atoms with Gasteiger partial charge in [0.1, 0.15) is 0 Å². The van der Waals surface area contributed by atoms with E-state index in [4.69, 9.17) is 11.6 Å². The van der Waals surface area contributed by atoms with Crippen molar-refractivity contribution < 1.29 is 0 Å². The lowest BCUT2D eigenvalue weighted by atomic mass is 9.95. The van der Waals surface area contributed by atoms with Crippen molar-refractivity contribution in [3.05, 3.63) is 29.6 Å². The standard InChI is InChI=1S/C12H17ClN2/c1-15-12(7-8-14-15)6-5-10-3-2-4-11(13)9-10/h7-9,11H,2-6H2,1H3. The van der Waals surface area contributed by atoms with Crippen LogP contribution in [0.4, 0.5) is 0 Å². The van der Waals surface area contributed by atoms with Crippen molar-refractivity contribution in [2.45, 2.75) is 37.5 Å². The van der Waals surface area contributed by atoms with Crippen LogP contribution in [0.5, 0.6) is 0 Å². The Hall–Kier alpha value is -0.760. The number of halogens is 1. The molecule has 0 aromatic carbocycles. The molecule has 1 unspecified atom stereocenters. The molecule has 0 saturated heterocycles. The van der Waals surface area contributed by atoms with Crippen LogP contribution in [0.3, 0.4) is 0 Å². The molecule has 1 atom stereocenters. The van der Waals surface area contributed by atoms with E-state index in [-0.39, 0.29) is 5.38 Å². The van der Waals surface area contributed by atoms with Crippen molar-refractivity contribution in [3.63, 3.8) is 0 Å². The molecular weight excluding hydrogens is 208 g/mol. The molecule has 0 saturated carbocycles. The number of hydrogen-bond donors (Lipinski definition) is 0. The smallest absolute Gasteiger partial charge is 0.0518 e. The molecular formula is C12H17ClN2. The number of allylic oxidation sites excluding steroid dienone is 2. The summed E-state index contributed by atoms with van der Waals surface area (Å²) < 4.78 is 1.95. The van der Waals surface area contributed by atoms with Crippen LogP contribution in [0.1, 0.15) is 31.4 Å². The molecule has 3 heteroatoms. The van der Waals surface area contributed by atoms with Gasteiger partial charge in [-0.1, -0.05) is 11.6 Å². The molecule has 0 bridgehead atoms. The first-order valence-corrected chi connectivity index (χ1v) is 6.00. The Labute approximate surface area is 95.9 Å². The zero-order valence-electron chi connectivity index (χ0n) is 9.12. The fraction of sp³-hybridized carbons (Fsp3) is 0.583. The fourth-order valence-corrected chi connectivity index (χ4v) is 2.42. The second kappa shape index (κ2) is 4.84. The summed E-state index contributed by atoms with van der Waals surface area (Å²) in [4.78, 5) is 0. The van der Waals surface area contributed by atoms with Gasteiger partial charge in [0.25, 0.3) is 0 Å². The zero-order valence-corrected chi connectivity index (χ0v) is 9.87. The molecule has 0 spiro atoms. The quantitative estimate of drug-likeness (QED) is 0.570. The Morgan fingerprint density at radius 2 is 2.40 bits per heavy atom. The van der Waals surface area contributed by atoms with E-state index >= 15 is 0 Å². The average Bonchev–Trinajstić information content (AvgIpc) is 2.61. The molecule has 0 radical (unpaired) electrons. The topological polar surface area (TPSA) is 17.8 Å². The fourth-order valence-electron chi connectivity index (χ4n) is 2.09. The van der Waals surface area contributed by atoms with E-state index in [0.717, 1.165) is 19.3 Å². The Kier molecular flexibility index (Phi) is 3.47. The Balaban J connectivity index is 1.91. The summed E-state index contributed by atoms with van der Waals surface area (Å²) >= 11 is 6.11. The van der Waals surface area contributed by atoms with Gasteiger partial charge in [-0.3, -0.25) is 4.68 Å². The third kappa shape index (κ3) is 2.85. The molecule has 0 fully saturated rings. The summed E-state index contributed by atoms with van der Waals surface area (Å²) in [5, 5.41) is 4.43. The van der Waals surface area contributed by atoms with Gasteiger partial charge in [-0.15, -0.1) is 11.6 Å². The molecule has 82 valence electrons.